The first-order valence-electron chi connectivity index (χ1n) is 7.16. The normalized spacial score (nSPS) is 10.4. The summed E-state index contributed by atoms with van der Waals surface area (Å²) in [5.74, 6) is 0.455. The van der Waals surface area contributed by atoms with E-state index in [1.54, 1.807) is 12.4 Å². The summed E-state index contributed by atoms with van der Waals surface area (Å²) in [7, 11) is 2.09. The Morgan fingerprint density at radius 1 is 0.909 bits per heavy atom. The molecule has 0 spiro atoms. The largest absolute Gasteiger partial charge is 0.382 e. The molecule has 4 heteroatoms. The van der Waals surface area contributed by atoms with Gasteiger partial charge in [-0.3, -0.25) is 4.98 Å². The summed E-state index contributed by atoms with van der Waals surface area (Å²) in [6.07, 6.45) is 3.25. The fraction of sp³-hybridized carbons (Fsp3) is 0.111. The number of rotatable bonds is 4. The molecule has 110 valence electrons. The lowest BCUT2D eigenvalue weighted by Crippen LogP contribution is -2.15. The predicted octanol–water partition coefficient (Wildman–Crippen LogP) is 3.36. The van der Waals surface area contributed by atoms with E-state index in [2.05, 4.69) is 46.2 Å². The summed E-state index contributed by atoms with van der Waals surface area (Å²) >= 11 is 0. The Kier molecular flexibility index (Phi) is 4.01. The fourth-order valence-electron chi connectivity index (χ4n) is 2.39. The van der Waals surface area contributed by atoms with E-state index in [0.717, 1.165) is 17.8 Å². The molecule has 0 aliphatic heterocycles. The van der Waals surface area contributed by atoms with Crippen LogP contribution in [0.2, 0.25) is 0 Å². The van der Waals surface area contributed by atoms with Gasteiger partial charge in [0.2, 0.25) is 0 Å². The van der Waals surface area contributed by atoms with Crippen LogP contribution in [0.5, 0.6) is 0 Å². The van der Waals surface area contributed by atoms with Crippen LogP contribution in [-0.2, 0) is 6.54 Å². The second-order valence-electron chi connectivity index (χ2n) is 5.18. The van der Waals surface area contributed by atoms with Gasteiger partial charge in [-0.1, -0.05) is 42.5 Å². The molecule has 0 saturated carbocycles. The topological polar surface area (TPSA) is 55.0 Å². The van der Waals surface area contributed by atoms with Gasteiger partial charge in [0.1, 0.15) is 11.5 Å². The van der Waals surface area contributed by atoms with Crippen LogP contribution < -0.4 is 10.6 Å². The average Bonchev–Trinajstić information content (AvgIpc) is 2.57. The van der Waals surface area contributed by atoms with E-state index in [1.807, 2.05) is 30.3 Å². The van der Waals surface area contributed by atoms with E-state index in [1.165, 1.54) is 11.3 Å². The Labute approximate surface area is 130 Å². The lowest BCUT2D eigenvalue weighted by atomic mass is 10.1. The summed E-state index contributed by atoms with van der Waals surface area (Å²) in [5, 5.41) is 0. The van der Waals surface area contributed by atoms with E-state index < -0.39 is 0 Å². The van der Waals surface area contributed by atoms with Crippen LogP contribution in [0, 0.1) is 0 Å². The van der Waals surface area contributed by atoms with Gasteiger partial charge in [-0.25, -0.2) is 4.98 Å². The van der Waals surface area contributed by atoms with Crippen LogP contribution in [0.25, 0.3) is 11.3 Å². The van der Waals surface area contributed by atoms with Crippen LogP contribution >= 0.6 is 0 Å². The number of benzene rings is 2. The standard InChI is InChI=1S/C18H18N4/c1-22(16-5-3-2-4-6-16)13-14-7-9-15(10-8-14)17-18(19)21-12-11-20-17/h2-12H,13H2,1H3,(H2,19,21). The summed E-state index contributed by atoms with van der Waals surface area (Å²) in [5.41, 5.74) is 10.0. The summed E-state index contributed by atoms with van der Waals surface area (Å²) in [6, 6.07) is 18.6. The number of nitrogen functional groups attached to an aromatic ring is 1. The zero-order chi connectivity index (χ0) is 15.4. The lowest BCUT2D eigenvalue weighted by molar-refractivity contribution is 0.923. The van der Waals surface area contributed by atoms with Gasteiger partial charge in [0.05, 0.1) is 0 Å². The van der Waals surface area contributed by atoms with Gasteiger partial charge < -0.3 is 10.6 Å². The van der Waals surface area contributed by atoms with Gasteiger partial charge in [0.15, 0.2) is 0 Å². The van der Waals surface area contributed by atoms with Gasteiger partial charge in [-0.05, 0) is 17.7 Å². The number of anilines is 2. The maximum Gasteiger partial charge on any atom is 0.149 e. The zero-order valence-electron chi connectivity index (χ0n) is 12.5. The monoisotopic (exact) mass is 290 g/mol. The third kappa shape index (κ3) is 3.06. The Bertz CT molecular complexity index is 739. The molecule has 0 aliphatic carbocycles. The molecule has 1 heterocycles. The fourth-order valence-corrected chi connectivity index (χ4v) is 2.39. The second-order valence-corrected chi connectivity index (χ2v) is 5.18. The van der Waals surface area contributed by atoms with Crippen molar-refractivity contribution >= 4 is 11.5 Å². The third-order valence-electron chi connectivity index (χ3n) is 3.57. The first-order chi connectivity index (χ1) is 10.7. The quantitative estimate of drug-likeness (QED) is 0.800. The van der Waals surface area contributed by atoms with E-state index in [9.17, 15) is 0 Å². The van der Waals surface area contributed by atoms with Crippen molar-refractivity contribution in [3.8, 4) is 11.3 Å². The molecule has 2 N–H and O–H groups in total. The molecule has 3 rings (SSSR count). The van der Waals surface area contributed by atoms with Crippen LogP contribution in [-0.4, -0.2) is 17.0 Å². The van der Waals surface area contributed by atoms with Crippen molar-refractivity contribution in [2.24, 2.45) is 0 Å². The number of nitrogens with zero attached hydrogens (tertiary/aromatic N) is 3. The Morgan fingerprint density at radius 3 is 2.27 bits per heavy atom. The molecule has 0 amide bonds. The highest BCUT2D eigenvalue weighted by molar-refractivity contribution is 5.69. The lowest BCUT2D eigenvalue weighted by Gasteiger charge is -2.19. The van der Waals surface area contributed by atoms with Crippen molar-refractivity contribution < 1.29 is 0 Å². The summed E-state index contributed by atoms with van der Waals surface area (Å²) in [4.78, 5) is 10.6. The van der Waals surface area contributed by atoms with Crippen molar-refractivity contribution in [1.29, 1.82) is 0 Å². The minimum Gasteiger partial charge on any atom is -0.382 e. The van der Waals surface area contributed by atoms with Crippen molar-refractivity contribution in [3.05, 3.63) is 72.6 Å². The van der Waals surface area contributed by atoms with Crippen molar-refractivity contribution in [3.63, 3.8) is 0 Å². The van der Waals surface area contributed by atoms with E-state index in [0.29, 0.717) is 5.82 Å². The average molecular weight is 290 g/mol. The summed E-state index contributed by atoms with van der Waals surface area (Å²) in [6.45, 7) is 0.847. The van der Waals surface area contributed by atoms with Crippen LogP contribution in [0.3, 0.4) is 0 Å². The first kappa shape index (κ1) is 14.1. The zero-order valence-corrected chi connectivity index (χ0v) is 12.5. The van der Waals surface area contributed by atoms with Gasteiger partial charge >= 0.3 is 0 Å². The summed E-state index contributed by atoms with van der Waals surface area (Å²) < 4.78 is 0. The third-order valence-corrected chi connectivity index (χ3v) is 3.57. The highest BCUT2D eigenvalue weighted by Gasteiger charge is 2.06. The minimum absolute atomic E-state index is 0.455. The molecule has 0 fully saturated rings. The molecule has 0 unspecified atom stereocenters. The molecule has 0 bridgehead atoms. The van der Waals surface area contributed by atoms with Gasteiger partial charge in [0.25, 0.3) is 0 Å². The Hall–Kier alpha value is -2.88. The maximum absolute atomic E-state index is 5.87. The SMILES string of the molecule is CN(Cc1ccc(-c2nccnc2N)cc1)c1ccccc1. The maximum atomic E-state index is 5.87. The molecule has 0 aliphatic rings. The van der Waals surface area contributed by atoms with Crippen molar-refractivity contribution in [2.45, 2.75) is 6.54 Å². The van der Waals surface area contributed by atoms with Crippen molar-refractivity contribution in [1.82, 2.24) is 9.97 Å². The number of aromatic nitrogens is 2. The highest BCUT2D eigenvalue weighted by atomic mass is 15.1. The molecular formula is C18H18N4. The minimum atomic E-state index is 0.455. The number of hydrogen-bond donors (Lipinski definition) is 1. The van der Waals surface area contributed by atoms with Gasteiger partial charge in [0, 0.05) is 37.2 Å². The van der Waals surface area contributed by atoms with Crippen LogP contribution in [0.15, 0.2) is 67.0 Å². The second kappa shape index (κ2) is 6.26. The van der Waals surface area contributed by atoms with E-state index in [4.69, 9.17) is 5.73 Å². The number of para-hydroxylation sites is 1. The number of nitrogens with two attached hydrogens (primary N) is 1. The highest BCUT2D eigenvalue weighted by Crippen LogP contribution is 2.22. The molecule has 4 nitrogen and oxygen atoms in total. The Morgan fingerprint density at radius 2 is 1.59 bits per heavy atom. The predicted molar refractivity (Wildman–Crippen MR) is 90.4 cm³/mol. The van der Waals surface area contributed by atoms with Crippen molar-refractivity contribution in [2.75, 3.05) is 17.7 Å². The van der Waals surface area contributed by atoms with Gasteiger partial charge in [-0.2, -0.15) is 0 Å². The van der Waals surface area contributed by atoms with E-state index >= 15 is 0 Å². The molecule has 0 atom stereocenters. The molecule has 0 radical (unpaired) electrons. The number of hydrogen-bond acceptors (Lipinski definition) is 4. The molecule has 1 aromatic heterocycles. The van der Waals surface area contributed by atoms with E-state index in [-0.39, 0.29) is 0 Å². The Balaban J connectivity index is 1.76. The first-order valence-corrected chi connectivity index (χ1v) is 7.16. The smallest absolute Gasteiger partial charge is 0.149 e. The molecule has 3 aromatic rings. The van der Waals surface area contributed by atoms with Gasteiger partial charge in [-0.15, -0.1) is 0 Å². The van der Waals surface area contributed by atoms with Crippen LogP contribution in [0.1, 0.15) is 5.56 Å². The molecule has 2 aromatic carbocycles. The molecule has 22 heavy (non-hydrogen) atoms. The molecule has 0 saturated heterocycles. The van der Waals surface area contributed by atoms with Crippen LogP contribution in [0.4, 0.5) is 11.5 Å². The molecular weight excluding hydrogens is 272 g/mol.